The topological polar surface area (TPSA) is 63.7 Å². The van der Waals surface area contributed by atoms with Gasteiger partial charge in [-0.15, -0.1) is 0 Å². The van der Waals surface area contributed by atoms with Gasteiger partial charge in [0.15, 0.2) is 0 Å². The molecule has 164 valence electrons. The van der Waals surface area contributed by atoms with E-state index in [9.17, 15) is 18.8 Å². The average molecular weight is 418 g/mol. The maximum atomic E-state index is 13.6. The van der Waals surface area contributed by atoms with Gasteiger partial charge in [-0.25, -0.2) is 9.18 Å². The largest absolute Gasteiger partial charge is 0.444 e. The first-order valence-corrected chi connectivity index (χ1v) is 10.9. The molecule has 1 saturated heterocycles. The van der Waals surface area contributed by atoms with Crippen LogP contribution in [0.4, 0.5) is 9.18 Å². The van der Waals surface area contributed by atoms with Crippen LogP contribution in [-0.2, 0) is 20.7 Å². The van der Waals surface area contributed by atoms with Crippen LogP contribution in [0, 0.1) is 11.7 Å². The Balaban J connectivity index is 1.44. The maximum absolute atomic E-state index is 13.6. The molecule has 2 fully saturated rings. The SMILES string of the molecule is CC(C)(C)OC(=O)N1CCC(C(=O)CC(=O)CCc2cc(F)ccc2C2CC2)CC1. The highest BCUT2D eigenvalue weighted by molar-refractivity contribution is 6.00. The van der Waals surface area contributed by atoms with E-state index in [1.165, 1.54) is 12.1 Å². The third-order valence-electron chi connectivity index (χ3n) is 5.77. The minimum Gasteiger partial charge on any atom is -0.444 e. The fraction of sp³-hybridized carbons (Fsp3) is 0.625. The summed E-state index contributed by atoms with van der Waals surface area (Å²) in [5, 5.41) is 0. The van der Waals surface area contributed by atoms with Crippen LogP contribution < -0.4 is 0 Å². The number of Topliss-reactive ketones (excluding diaryl/α,β-unsaturated/α-hetero) is 2. The highest BCUT2D eigenvalue weighted by Gasteiger charge is 2.31. The van der Waals surface area contributed by atoms with Gasteiger partial charge in [0.25, 0.3) is 0 Å². The van der Waals surface area contributed by atoms with Crippen molar-refractivity contribution in [1.82, 2.24) is 4.90 Å². The summed E-state index contributed by atoms with van der Waals surface area (Å²) in [5.41, 5.74) is 1.49. The van der Waals surface area contributed by atoms with Crippen LogP contribution in [0.1, 0.15) is 76.3 Å². The van der Waals surface area contributed by atoms with Crippen LogP contribution in [0.25, 0.3) is 0 Å². The van der Waals surface area contributed by atoms with Crippen molar-refractivity contribution in [2.45, 2.75) is 77.2 Å². The number of likely N-dealkylation sites (tertiary alicyclic amines) is 1. The highest BCUT2D eigenvalue weighted by atomic mass is 19.1. The summed E-state index contributed by atoms with van der Waals surface area (Å²) in [7, 11) is 0. The van der Waals surface area contributed by atoms with E-state index >= 15 is 0 Å². The molecule has 2 aliphatic rings. The Labute approximate surface area is 178 Å². The van der Waals surface area contributed by atoms with Gasteiger partial charge in [0.1, 0.15) is 23.0 Å². The molecular formula is C24H32FNO4. The lowest BCUT2D eigenvalue weighted by Crippen LogP contribution is -2.43. The second kappa shape index (κ2) is 9.27. The lowest BCUT2D eigenvalue weighted by molar-refractivity contribution is -0.130. The second-order valence-corrected chi connectivity index (χ2v) is 9.54. The molecule has 1 saturated carbocycles. The Kier molecular flexibility index (Phi) is 6.94. The molecule has 3 rings (SSSR count). The molecule has 0 bridgehead atoms. The first kappa shape index (κ1) is 22.4. The lowest BCUT2D eigenvalue weighted by Gasteiger charge is -2.32. The van der Waals surface area contributed by atoms with Gasteiger partial charge in [0.05, 0.1) is 6.42 Å². The summed E-state index contributed by atoms with van der Waals surface area (Å²) in [5.74, 6) is -0.128. The molecule has 0 aromatic heterocycles. The van der Waals surface area contributed by atoms with Crippen molar-refractivity contribution in [1.29, 1.82) is 0 Å². The van der Waals surface area contributed by atoms with Crippen molar-refractivity contribution >= 4 is 17.7 Å². The Bertz CT molecular complexity index is 802. The van der Waals surface area contributed by atoms with Gasteiger partial charge in [-0.3, -0.25) is 9.59 Å². The first-order valence-electron chi connectivity index (χ1n) is 10.9. The Morgan fingerprint density at radius 2 is 1.77 bits per heavy atom. The predicted molar refractivity (Wildman–Crippen MR) is 112 cm³/mol. The van der Waals surface area contributed by atoms with E-state index in [1.807, 2.05) is 26.8 Å². The monoisotopic (exact) mass is 417 g/mol. The zero-order valence-corrected chi connectivity index (χ0v) is 18.2. The molecule has 30 heavy (non-hydrogen) atoms. The predicted octanol–water partition coefficient (Wildman–Crippen LogP) is 4.81. The van der Waals surface area contributed by atoms with Crippen LogP contribution in [0.5, 0.6) is 0 Å². The Morgan fingerprint density at radius 3 is 2.37 bits per heavy atom. The standard InChI is InChI=1S/C24H32FNO4/c1-24(2,3)30-23(29)26-12-10-17(11-13-26)22(28)15-20(27)8-6-18-14-19(25)7-9-21(18)16-4-5-16/h7,9,14,16-17H,4-6,8,10-13,15H2,1-3H3. The number of halogens is 1. The average Bonchev–Trinajstić information content (AvgIpc) is 3.50. The molecule has 1 amide bonds. The van der Waals surface area contributed by atoms with Gasteiger partial charge >= 0.3 is 6.09 Å². The fourth-order valence-corrected chi connectivity index (χ4v) is 4.00. The molecule has 1 aromatic carbocycles. The molecule has 1 aliphatic heterocycles. The van der Waals surface area contributed by atoms with E-state index in [2.05, 4.69) is 0 Å². The quantitative estimate of drug-likeness (QED) is 0.597. The number of benzene rings is 1. The summed E-state index contributed by atoms with van der Waals surface area (Å²) in [6.07, 6.45) is 3.65. The number of rotatable bonds is 7. The third-order valence-corrected chi connectivity index (χ3v) is 5.77. The maximum Gasteiger partial charge on any atom is 0.410 e. The zero-order chi connectivity index (χ0) is 21.9. The Morgan fingerprint density at radius 1 is 1.10 bits per heavy atom. The number of aryl methyl sites for hydroxylation is 1. The summed E-state index contributed by atoms with van der Waals surface area (Å²) >= 11 is 0. The number of hydrogen-bond acceptors (Lipinski definition) is 4. The van der Waals surface area contributed by atoms with Gasteiger partial charge in [-0.1, -0.05) is 6.07 Å². The fourth-order valence-electron chi connectivity index (χ4n) is 4.00. The van der Waals surface area contributed by atoms with Crippen LogP contribution in [0.3, 0.4) is 0 Å². The lowest BCUT2D eigenvalue weighted by atomic mass is 9.89. The van der Waals surface area contributed by atoms with Crippen molar-refractivity contribution in [3.05, 3.63) is 35.1 Å². The number of carbonyl (C=O) groups is 3. The summed E-state index contributed by atoms with van der Waals surface area (Å²) in [6.45, 7) is 6.40. The first-order chi connectivity index (χ1) is 14.1. The number of hydrogen-bond donors (Lipinski definition) is 0. The number of ether oxygens (including phenoxy) is 1. The van der Waals surface area contributed by atoms with Crippen molar-refractivity contribution in [2.75, 3.05) is 13.1 Å². The minimum atomic E-state index is -0.544. The smallest absolute Gasteiger partial charge is 0.410 e. The van der Waals surface area contributed by atoms with E-state index in [0.717, 1.165) is 24.0 Å². The number of carbonyl (C=O) groups excluding carboxylic acids is 3. The van der Waals surface area contributed by atoms with Gasteiger partial charge in [-0.05, 0) is 82.1 Å². The van der Waals surface area contributed by atoms with E-state index in [0.29, 0.717) is 38.3 Å². The second-order valence-electron chi connectivity index (χ2n) is 9.54. The van der Waals surface area contributed by atoms with Crippen molar-refractivity contribution < 1.29 is 23.5 Å². The molecule has 1 heterocycles. The van der Waals surface area contributed by atoms with Crippen molar-refractivity contribution in [3.63, 3.8) is 0 Å². The summed E-state index contributed by atoms with van der Waals surface area (Å²) in [4.78, 5) is 38.7. The highest BCUT2D eigenvalue weighted by Crippen LogP contribution is 2.42. The molecule has 0 radical (unpaired) electrons. The van der Waals surface area contributed by atoms with Crippen molar-refractivity contribution in [3.8, 4) is 0 Å². The van der Waals surface area contributed by atoms with Gasteiger partial charge in [-0.2, -0.15) is 0 Å². The Hall–Kier alpha value is -2.24. The molecule has 1 aliphatic carbocycles. The molecular weight excluding hydrogens is 385 g/mol. The van der Waals surface area contributed by atoms with Crippen molar-refractivity contribution in [2.24, 2.45) is 5.92 Å². The molecule has 0 N–H and O–H groups in total. The van der Waals surface area contributed by atoms with E-state index in [1.54, 1.807) is 4.90 Å². The van der Waals surface area contributed by atoms with Crippen LogP contribution in [-0.4, -0.2) is 41.3 Å². The molecule has 5 nitrogen and oxygen atoms in total. The number of piperidine rings is 1. The number of amides is 1. The molecule has 0 unspecified atom stereocenters. The number of ketones is 2. The van der Waals surface area contributed by atoms with Crippen LogP contribution in [0.2, 0.25) is 0 Å². The van der Waals surface area contributed by atoms with E-state index < -0.39 is 5.60 Å². The van der Waals surface area contributed by atoms with E-state index in [4.69, 9.17) is 4.74 Å². The zero-order valence-electron chi connectivity index (χ0n) is 18.2. The molecule has 6 heteroatoms. The van der Waals surface area contributed by atoms with Gasteiger partial charge in [0, 0.05) is 25.4 Å². The van der Waals surface area contributed by atoms with E-state index in [-0.39, 0.29) is 42.2 Å². The summed E-state index contributed by atoms with van der Waals surface area (Å²) in [6, 6.07) is 4.83. The van der Waals surface area contributed by atoms with Crippen LogP contribution >= 0.6 is 0 Å². The van der Waals surface area contributed by atoms with Gasteiger partial charge in [0.2, 0.25) is 0 Å². The van der Waals surface area contributed by atoms with Gasteiger partial charge < -0.3 is 9.64 Å². The normalized spacial score (nSPS) is 17.7. The molecule has 0 spiro atoms. The summed E-state index contributed by atoms with van der Waals surface area (Å²) < 4.78 is 19.0. The number of nitrogens with zero attached hydrogens (tertiary/aromatic N) is 1. The molecule has 0 atom stereocenters. The minimum absolute atomic E-state index is 0.0505. The third kappa shape index (κ3) is 6.38. The molecule has 1 aromatic rings. The van der Waals surface area contributed by atoms with Crippen LogP contribution in [0.15, 0.2) is 18.2 Å².